The van der Waals surface area contributed by atoms with Crippen LogP contribution in [0, 0.1) is 5.82 Å². The van der Waals surface area contributed by atoms with Crippen LogP contribution < -0.4 is 0 Å². The van der Waals surface area contributed by atoms with Gasteiger partial charge in [-0.15, -0.1) is 0 Å². The van der Waals surface area contributed by atoms with E-state index >= 15 is 0 Å². The number of nitrogens with zero attached hydrogens (tertiary/aromatic N) is 1. The zero-order valence-corrected chi connectivity index (χ0v) is 12.9. The van der Waals surface area contributed by atoms with Crippen LogP contribution in [0.3, 0.4) is 0 Å². The molecule has 20 heavy (non-hydrogen) atoms. The number of rotatable bonds is 8. The average Bonchev–Trinajstić information content (AvgIpc) is 2.38. The van der Waals surface area contributed by atoms with Crippen LogP contribution in [0.2, 0.25) is 5.02 Å². The Morgan fingerprint density at radius 2 is 1.95 bits per heavy atom. The third kappa shape index (κ3) is 4.41. The fourth-order valence-corrected chi connectivity index (χ4v) is 3.78. The molecule has 114 valence electrons. The lowest BCUT2D eigenvalue weighted by atomic mass is 10.3. The minimum absolute atomic E-state index is 0.0880. The Hall–Kier alpha value is -0.690. The van der Waals surface area contributed by atoms with Gasteiger partial charge in [0.25, 0.3) is 0 Å². The van der Waals surface area contributed by atoms with Crippen molar-refractivity contribution in [2.75, 3.05) is 19.7 Å². The molecule has 0 saturated heterocycles. The van der Waals surface area contributed by atoms with Gasteiger partial charge in [0, 0.05) is 19.7 Å². The summed E-state index contributed by atoms with van der Waals surface area (Å²) in [4.78, 5) is -0.102. The average molecular weight is 324 g/mol. The summed E-state index contributed by atoms with van der Waals surface area (Å²) in [6.45, 7) is 2.44. The normalized spacial score (nSPS) is 12.1. The number of benzene rings is 1. The maximum atomic E-state index is 13.0. The minimum atomic E-state index is -3.77. The first-order valence-corrected chi connectivity index (χ1v) is 8.31. The van der Waals surface area contributed by atoms with Crippen molar-refractivity contribution < 1.29 is 17.9 Å². The quantitative estimate of drug-likeness (QED) is 0.800. The number of unbranched alkanes of at least 4 members (excludes halogenated alkanes) is 1. The van der Waals surface area contributed by atoms with Crippen molar-refractivity contribution in [1.29, 1.82) is 0 Å². The van der Waals surface area contributed by atoms with E-state index < -0.39 is 15.8 Å². The molecule has 0 aliphatic rings. The number of halogens is 2. The van der Waals surface area contributed by atoms with Crippen molar-refractivity contribution >= 4 is 21.6 Å². The van der Waals surface area contributed by atoms with Crippen molar-refractivity contribution in [3.05, 3.63) is 29.0 Å². The van der Waals surface area contributed by atoms with Gasteiger partial charge in [-0.25, -0.2) is 12.8 Å². The first kappa shape index (κ1) is 17.4. The molecule has 1 N–H and O–H groups in total. The first-order valence-electron chi connectivity index (χ1n) is 6.49. The van der Waals surface area contributed by atoms with Gasteiger partial charge in [-0.2, -0.15) is 4.31 Å². The maximum absolute atomic E-state index is 13.0. The lowest BCUT2D eigenvalue weighted by molar-refractivity contribution is 0.268. The first-order chi connectivity index (χ1) is 9.43. The monoisotopic (exact) mass is 323 g/mol. The van der Waals surface area contributed by atoms with Crippen molar-refractivity contribution in [2.45, 2.75) is 31.1 Å². The van der Waals surface area contributed by atoms with Gasteiger partial charge < -0.3 is 5.11 Å². The second-order valence-electron chi connectivity index (χ2n) is 4.41. The third-order valence-electron chi connectivity index (χ3n) is 2.84. The fraction of sp³-hybridized carbons (Fsp3) is 0.538. The molecule has 0 aliphatic carbocycles. The van der Waals surface area contributed by atoms with Crippen molar-refractivity contribution in [3.63, 3.8) is 0 Å². The van der Waals surface area contributed by atoms with Gasteiger partial charge in [0.05, 0.1) is 5.02 Å². The molecule has 1 rings (SSSR count). The Bertz CT molecular complexity index is 528. The van der Waals surface area contributed by atoms with Crippen LogP contribution in [-0.4, -0.2) is 37.5 Å². The second kappa shape index (κ2) is 7.93. The van der Waals surface area contributed by atoms with E-state index in [4.69, 9.17) is 16.7 Å². The van der Waals surface area contributed by atoms with Crippen LogP contribution in [-0.2, 0) is 10.0 Å². The van der Waals surface area contributed by atoms with E-state index in [2.05, 4.69) is 0 Å². The highest BCUT2D eigenvalue weighted by molar-refractivity contribution is 7.89. The molecular weight excluding hydrogens is 305 g/mol. The van der Waals surface area contributed by atoms with Crippen LogP contribution in [0.4, 0.5) is 4.39 Å². The standard InChI is InChI=1S/C13H19ClFNO3S/c1-2-3-7-16(8-4-9-17)20(18,19)13-6-5-11(15)10-12(13)14/h5-6,10,17H,2-4,7-9H2,1H3. The summed E-state index contributed by atoms with van der Waals surface area (Å²) in [7, 11) is -3.77. The minimum Gasteiger partial charge on any atom is -0.396 e. The van der Waals surface area contributed by atoms with Gasteiger partial charge in [-0.05, 0) is 31.0 Å². The SMILES string of the molecule is CCCCN(CCCO)S(=O)(=O)c1ccc(F)cc1Cl. The summed E-state index contributed by atoms with van der Waals surface area (Å²) >= 11 is 5.83. The lowest BCUT2D eigenvalue weighted by Crippen LogP contribution is -2.33. The van der Waals surface area contributed by atoms with Crippen LogP contribution in [0.5, 0.6) is 0 Å². The van der Waals surface area contributed by atoms with Crippen molar-refractivity contribution in [3.8, 4) is 0 Å². The molecule has 0 aromatic heterocycles. The summed E-state index contributed by atoms with van der Waals surface area (Å²) in [5.41, 5.74) is 0. The van der Waals surface area contributed by atoms with Crippen molar-refractivity contribution in [2.24, 2.45) is 0 Å². The van der Waals surface area contributed by atoms with E-state index in [1.807, 2.05) is 6.92 Å². The molecule has 4 nitrogen and oxygen atoms in total. The molecule has 0 amide bonds. The summed E-state index contributed by atoms with van der Waals surface area (Å²) in [5, 5.41) is 8.74. The summed E-state index contributed by atoms with van der Waals surface area (Å²) in [6, 6.07) is 3.23. The molecule has 1 aromatic rings. The number of aliphatic hydroxyl groups is 1. The van der Waals surface area contributed by atoms with E-state index in [-0.39, 0.29) is 23.1 Å². The second-order valence-corrected chi connectivity index (χ2v) is 6.72. The molecule has 0 heterocycles. The van der Waals surface area contributed by atoms with Gasteiger partial charge in [-0.1, -0.05) is 24.9 Å². The third-order valence-corrected chi connectivity index (χ3v) is 5.22. The number of aliphatic hydroxyl groups excluding tert-OH is 1. The molecule has 0 aliphatic heterocycles. The predicted octanol–water partition coefficient (Wildman–Crippen LogP) is 2.65. The highest BCUT2D eigenvalue weighted by Gasteiger charge is 2.26. The van der Waals surface area contributed by atoms with Crippen LogP contribution >= 0.6 is 11.6 Å². The Morgan fingerprint density at radius 1 is 1.30 bits per heavy atom. The summed E-state index contributed by atoms with van der Waals surface area (Å²) in [5.74, 6) is -0.579. The molecule has 0 fully saturated rings. The lowest BCUT2D eigenvalue weighted by Gasteiger charge is -2.22. The highest BCUT2D eigenvalue weighted by atomic mass is 35.5. The number of hydrogen-bond acceptors (Lipinski definition) is 3. The van der Waals surface area contributed by atoms with Gasteiger partial charge >= 0.3 is 0 Å². The topological polar surface area (TPSA) is 57.6 Å². The van der Waals surface area contributed by atoms with Crippen LogP contribution in [0.1, 0.15) is 26.2 Å². The zero-order chi connectivity index (χ0) is 15.2. The summed E-state index contributed by atoms with van der Waals surface area (Å²) < 4.78 is 39.3. The molecule has 0 unspecified atom stereocenters. The van der Waals surface area contributed by atoms with Gasteiger partial charge in [0.15, 0.2) is 0 Å². The smallest absolute Gasteiger partial charge is 0.244 e. The molecule has 0 atom stereocenters. The number of sulfonamides is 1. The Labute approximate surface area is 124 Å². The highest BCUT2D eigenvalue weighted by Crippen LogP contribution is 2.25. The molecule has 0 bridgehead atoms. The van der Waals surface area contributed by atoms with Gasteiger partial charge in [0.1, 0.15) is 10.7 Å². The molecule has 0 spiro atoms. The maximum Gasteiger partial charge on any atom is 0.244 e. The molecule has 7 heteroatoms. The summed E-state index contributed by atoms with van der Waals surface area (Å²) in [6.07, 6.45) is 1.91. The Morgan fingerprint density at radius 3 is 2.50 bits per heavy atom. The Balaban J connectivity index is 3.07. The van der Waals surface area contributed by atoms with E-state index in [0.717, 1.165) is 18.6 Å². The molecule has 0 radical (unpaired) electrons. The molecule has 0 saturated carbocycles. The predicted molar refractivity (Wildman–Crippen MR) is 76.8 cm³/mol. The largest absolute Gasteiger partial charge is 0.396 e. The van der Waals surface area contributed by atoms with E-state index in [1.54, 1.807) is 0 Å². The van der Waals surface area contributed by atoms with Crippen LogP contribution in [0.15, 0.2) is 23.1 Å². The fourth-order valence-electron chi connectivity index (χ4n) is 1.76. The van der Waals surface area contributed by atoms with Gasteiger partial charge in [-0.3, -0.25) is 0 Å². The Kier molecular flexibility index (Phi) is 6.88. The molecular formula is C13H19ClFNO3S. The van der Waals surface area contributed by atoms with Crippen molar-refractivity contribution in [1.82, 2.24) is 4.31 Å². The molecule has 1 aromatic carbocycles. The van der Waals surface area contributed by atoms with E-state index in [1.165, 1.54) is 10.4 Å². The van der Waals surface area contributed by atoms with Crippen LogP contribution in [0.25, 0.3) is 0 Å². The zero-order valence-electron chi connectivity index (χ0n) is 11.3. The van der Waals surface area contributed by atoms with Gasteiger partial charge in [0.2, 0.25) is 10.0 Å². The van der Waals surface area contributed by atoms with E-state index in [9.17, 15) is 12.8 Å². The number of hydrogen-bond donors (Lipinski definition) is 1. The van der Waals surface area contributed by atoms with E-state index in [0.29, 0.717) is 19.4 Å².